The number of hydrogen-bond acceptors (Lipinski definition) is 3. The van der Waals surface area contributed by atoms with Gasteiger partial charge in [0.05, 0.1) is 6.04 Å². The molecule has 78 valence electrons. The van der Waals surface area contributed by atoms with Crippen molar-refractivity contribution in [3.8, 4) is 0 Å². The number of aliphatic imine (C=N–C) groups is 1. The fourth-order valence-corrected chi connectivity index (χ4v) is 2.04. The van der Waals surface area contributed by atoms with Crippen molar-refractivity contribution >= 4 is 6.08 Å². The van der Waals surface area contributed by atoms with E-state index in [0.717, 1.165) is 19.6 Å². The van der Waals surface area contributed by atoms with E-state index >= 15 is 0 Å². The number of benzene rings is 1. The molecule has 0 bridgehead atoms. The van der Waals surface area contributed by atoms with Gasteiger partial charge >= 0.3 is 0 Å². The van der Waals surface area contributed by atoms with E-state index in [9.17, 15) is 4.79 Å². The number of nitrogens with zero attached hydrogens (tertiary/aromatic N) is 2. The minimum absolute atomic E-state index is 0.0387. The Morgan fingerprint density at radius 2 is 2.00 bits per heavy atom. The molecule has 1 aromatic rings. The molecule has 3 nitrogen and oxygen atoms in total. The third kappa shape index (κ3) is 2.32. The maximum absolute atomic E-state index is 10.1. The highest BCUT2D eigenvalue weighted by Gasteiger charge is 2.19. The van der Waals surface area contributed by atoms with Gasteiger partial charge in [0.2, 0.25) is 6.08 Å². The van der Waals surface area contributed by atoms with E-state index in [1.165, 1.54) is 11.1 Å². The average molecular weight is 202 g/mol. The molecule has 0 aliphatic carbocycles. The van der Waals surface area contributed by atoms with Gasteiger partial charge in [0.25, 0.3) is 0 Å². The smallest absolute Gasteiger partial charge is 0.235 e. The maximum Gasteiger partial charge on any atom is 0.235 e. The molecule has 1 unspecified atom stereocenters. The summed E-state index contributed by atoms with van der Waals surface area (Å²) in [4.78, 5) is 16.1. The molecule has 3 heteroatoms. The van der Waals surface area contributed by atoms with E-state index < -0.39 is 0 Å². The van der Waals surface area contributed by atoms with Crippen LogP contribution in [0.2, 0.25) is 0 Å². The molecule has 1 aliphatic heterocycles. The number of carbonyl (C=O) groups excluding carboxylic acids is 1. The van der Waals surface area contributed by atoms with E-state index in [0.29, 0.717) is 0 Å². The fourth-order valence-electron chi connectivity index (χ4n) is 2.04. The zero-order valence-electron chi connectivity index (χ0n) is 8.81. The first-order valence-corrected chi connectivity index (χ1v) is 5.15. The van der Waals surface area contributed by atoms with Crippen LogP contribution >= 0.6 is 0 Å². The van der Waals surface area contributed by atoms with Crippen molar-refractivity contribution in [1.82, 2.24) is 4.90 Å². The lowest BCUT2D eigenvalue weighted by Gasteiger charge is -2.16. The molecule has 1 aliphatic rings. The Labute approximate surface area is 89.4 Å². The molecule has 0 radical (unpaired) electrons. The summed E-state index contributed by atoms with van der Waals surface area (Å²) in [6.45, 7) is 4.70. The summed E-state index contributed by atoms with van der Waals surface area (Å²) in [5.41, 5.74) is 2.78. The van der Waals surface area contributed by atoms with Crippen LogP contribution in [0.5, 0.6) is 0 Å². The van der Waals surface area contributed by atoms with Gasteiger partial charge < -0.3 is 0 Å². The first kappa shape index (κ1) is 10.1. The summed E-state index contributed by atoms with van der Waals surface area (Å²) in [7, 11) is 0. The molecule has 1 aromatic carbocycles. The molecule has 0 aromatic heterocycles. The largest absolute Gasteiger partial charge is 0.293 e. The lowest BCUT2D eigenvalue weighted by Crippen LogP contribution is -2.25. The minimum atomic E-state index is 0.0387. The van der Waals surface area contributed by atoms with Crippen LogP contribution in [0.25, 0.3) is 0 Å². The van der Waals surface area contributed by atoms with Crippen LogP contribution in [0.1, 0.15) is 18.1 Å². The van der Waals surface area contributed by atoms with Gasteiger partial charge in [-0.15, -0.1) is 0 Å². The van der Waals surface area contributed by atoms with Crippen LogP contribution in [0.3, 0.4) is 0 Å². The zero-order chi connectivity index (χ0) is 10.7. The highest BCUT2D eigenvalue weighted by atomic mass is 16.1. The molecule has 1 heterocycles. The van der Waals surface area contributed by atoms with Crippen molar-refractivity contribution in [2.24, 2.45) is 4.99 Å². The van der Waals surface area contributed by atoms with E-state index in [1.54, 1.807) is 6.08 Å². The monoisotopic (exact) mass is 202 g/mol. The van der Waals surface area contributed by atoms with Gasteiger partial charge in [-0.1, -0.05) is 24.3 Å². The molecule has 0 amide bonds. The van der Waals surface area contributed by atoms with Gasteiger partial charge in [-0.3, -0.25) is 4.90 Å². The molecular formula is C12H14N2O. The third-order valence-corrected chi connectivity index (χ3v) is 2.70. The van der Waals surface area contributed by atoms with Gasteiger partial charge in [-0.2, -0.15) is 0 Å². The Morgan fingerprint density at radius 3 is 2.53 bits per heavy atom. The summed E-state index contributed by atoms with van der Waals surface area (Å²) >= 11 is 0. The lowest BCUT2D eigenvalue weighted by atomic mass is 10.1. The highest BCUT2D eigenvalue weighted by Crippen LogP contribution is 2.22. The Morgan fingerprint density at radius 1 is 1.40 bits per heavy atom. The van der Waals surface area contributed by atoms with Gasteiger partial charge in [0.1, 0.15) is 0 Å². The Bertz CT molecular complexity index is 371. The van der Waals surface area contributed by atoms with Crippen molar-refractivity contribution in [1.29, 1.82) is 0 Å². The number of rotatable bonds is 3. The molecule has 0 saturated heterocycles. The molecule has 2 rings (SSSR count). The van der Waals surface area contributed by atoms with Crippen LogP contribution < -0.4 is 0 Å². The second kappa shape index (κ2) is 4.39. The van der Waals surface area contributed by atoms with Crippen molar-refractivity contribution in [3.05, 3.63) is 35.4 Å². The standard InChI is InChI=1S/C12H14N2O/c1-10(13-9-15)6-14-7-11-4-2-3-5-12(11)8-14/h2-5,10H,6-8H2,1H3. The Hall–Kier alpha value is -1.44. The van der Waals surface area contributed by atoms with Gasteiger partial charge in [0, 0.05) is 19.6 Å². The molecule has 15 heavy (non-hydrogen) atoms. The minimum Gasteiger partial charge on any atom is -0.293 e. The molecule has 0 N–H and O–H groups in total. The number of hydrogen-bond donors (Lipinski definition) is 0. The summed E-state index contributed by atoms with van der Waals surface area (Å²) < 4.78 is 0. The Balaban J connectivity index is 1.98. The van der Waals surface area contributed by atoms with Crippen molar-refractivity contribution < 1.29 is 4.79 Å². The van der Waals surface area contributed by atoms with E-state index in [-0.39, 0.29) is 6.04 Å². The fraction of sp³-hybridized carbons (Fsp3) is 0.417. The average Bonchev–Trinajstić information content (AvgIpc) is 2.59. The van der Waals surface area contributed by atoms with Gasteiger partial charge in [0.15, 0.2) is 0 Å². The first-order chi connectivity index (χ1) is 7.29. The second-order valence-electron chi connectivity index (χ2n) is 4.01. The van der Waals surface area contributed by atoms with Crippen LogP contribution in [0, 0.1) is 0 Å². The second-order valence-corrected chi connectivity index (χ2v) is 4.01. The summed E-state index contributed by atoms with van der Waals surface area (Å²) in [6.07, 6.45) is 1.61. The molecular weight excluding hydrogens is 188 g/mol. The normalized spacial score (nSPS) is 16.9. The topological polar surface area (TPSA) is 32.7 Å². The summed E-state index contributed by atoms with van der Waals surface area (Å²) in [6, 6.07) is 8.48. The van der Waals surface area contributed by atoms with Crippen LogP contribution in [0.15, 0.2) is 29.3 Å². The van der Waals surface area contributed by atoms with Crippen molar-refractivity contribution in [2.75, 3.05) is 6.54 Å². The highest BCUT2D eigenvalue weighted by molar-refractivity contribution is 5.33. The van der Waals surface area contributed by atoms with Crippen molar-refractivity contribution in [2.45, 2.75) is 26.1 Å². The quantitative estimate of drug-likeness (QED) is 0.552. The summed E-state index contributed by atoms with van der Waals surface area (Å²) in [5.74, 6) is 0. The van der Waals surface area contributed by atoms with E-state index in [4.69, 9.17) is 0 Å². The van der Waals surface area contributed by atoms with Crippen molar-refractivity contribution in [3.63, 3.8) is 0 Å². The lowest BCUT2D eigenvalue weighted by molar-refractivity contribution is 0.270. The predicted octanol–water partition coefficient (Wildman–Crippen LogP) is 1.73. The third-order valence-electron chi connectivity index (χ3n) is 2.70. The number of isocyanates is 1. The van der Waals surface area contributed by atoms with E-state index in [2.05, 4.69) is 34.2 Å². The molecule has 0 fully saturated rings. The van der Waals surface area contributed by atoms with Gasteiger partial charge in [-0.05, 0) is 18.1 Å². The number of fused-ring (bicyclic) bond motifs is 1. The Kier molecular flexibility index (Phi) is 2.95. The zero-order valence-corrected chi connectivity index (χ0v) is 8.81. The van der Waals surface area contributed by atoms with Crippen LogP contribution in [-0.4, -0.2) is 23.6 Å². The summed E-state index contributed by atoms with van der Waals surface area (Å²) in [5, 5.41) is 0. The van der Waals surface area contributed by atoms with E-state index in [1.807, 2.05) is 6.92 Å². The van der Waals surface area contributed by atoms with Crippen LogP contribution in [0.4, 0.5) is 0 Å². The molecule has 0 spiro atoms. The molecule has 0 saturated carbocycles. The SMILES string of the molecule is CC(CN1Cc2ccccc2C1)N=C=O. The first-order valence-electron chi connectivity index (χ1n) is 5.15. The van der Waals surface area contributed by atoms with Gasteiger partial charge in [-0.25, -0.2) is 9.79 Å². The predicted molar refractivity (Wildman–Crippen MR) is 58.1 cm³/mol. The molecule has 1 atom stereocenters. The van der Waals surface area contributed by atoms with Crippen LogP contribution in [-0.2, 0) is 17.9 Å². The maximum atomic E-state index is 10.1.